The number of carbonyl (C=O) groups excluding carboxylic acids is 2. The largest absolute Gasteiger partial charge is 0.451 e. The third-order valence-corrected chi connectivity index (χ3v) is 10.3. The zero-order valence-corrected chi connectivity index (χ0v) is 22.8. The summed E-state index contributed by atoms with van der Waals surface area (Å²) in [6.45, 7) is 0. The summed E-state index contributed by atoms with van der Waals surface area (Å²) in [4.78, 5) is 26.6. The summed E-state index contributed by atoms with van der Waals surface area (Å²) in [7, 11) is -3.22. The van der Waals surface area contributed by atoms with Crippen LogP contribution in [0.25, 0.3) is 22.1 Å². The average Bonchev–Trinajstić information content (AvgIpc) is 3.55. The highest BCUT2D eigenvalue weighted by atomic mass is 32.2. The van der Waals surface area contributed by atoms with Crippen LogP contribution in [-0.2, 0) is 20.2 Å². The van der Waals surface area contributed by atoms with Gasteiger partial charge in [0.05, 0.1) is 11.5 Å². The van der Waals surface area contributed by atoms with Crippen LogP contribution in [-0.4, -0.2) is 53.8 Å². The fourth-order valence-corrected chi connectivity index (χ4v) is 7.35. The quantitative estimate of drug-likeness (QED) is 0.381. The van der Waals surface area contributed by atoms with Crippen molar-refractivity contribution < 1.29 is 36.3 Å². The van der Waals surface area contributed by atoms with E-state index in [1.165, 1.54) is 6.07 Å². The summed E-state index contributed by atoms with van der Waals surface area (Å²) in [6, 6.07) is 13.7. The van der Waals surface area contributed by atoms with Crippen LogP contribution >= 0.6 is 0 Å². The highest BCUT2D eigenvalue weighted by Gasteiger charge is 2.53. The van der Waals surface area contributed by atoms with Crippen molar-refractivity contribution in [2.45, 2.75) is 61.1 Å². The maximum absolute atomic E-state index is 14.0. The van der Waals surface area contributed by atoms with E-state index in [-0.39, 0.29) is 30.1 Å². The Hall–Kier alpha value is -3.75. The molecule has 3 aromatic rings. The number of hydrogen-bond donors (Lipinski definition) is 3. The van der Waals surface area contributed by atoms with Gasteiger partial charge in [0.15, 0.2) is 15.6 Å². The maximum Gasteiger partial charge on any atom is 0.287 e. The Balaban J connectivity index is 1.22. The second-order valence-electron chi connectivity index (χ2n) is 11.6. The van der Waals surface area contributed by atoms with E-state index in [1.54, 1.807) is 36.4 Å². The highest BCUT2D eigenvalue weighted by Crippen LogP contribution is 2.41. The van der Waals surface area contributed by atoms with Crippen molar-refractivity contribution in [1.82, 2.24) is 10.6 Å². The molecule has 2 aliphatic carbocycles. The first kappa shape index (κ1) is 27.4. The predicted molar refractivity (Wildman–Crippen MR) is 147 cm³/mol. The lowest BCUT2D eigenvalue weighted by Crippen LogP contribution is -2.62. The number of amides is 2. The first-order valence-electron chi connectivity index (χ1n) is 13.3. The molecule has 2 aromatic carbocycles. The molecule has 11 heteroatoms. The summed E-state index contributed by atoms with van der Waals surface area (Å²) in [5.74, 6) is -2.31. The van der Waals surface area contributed by atoms with Gasteiger partial charge in [-0.15, -0.1) is 6.42 Å². The number of nitrogens with one attached hydrogen (secondary N) is 2. The molecule has 3 fully saturated rings. The standard InChI is InChI=1S/C30H28F2N2O6S/c1-2-27(9-10-27)34-26(36)28(11-13-30(31,32)14-12-28)33-25(35)24-16-21-4-3-20(15-23(21)40-24)19-5-7-22(8-6-19)29(37)17-41(38,39)18-29/h1,3-8,15-16,37H,9-14,17-18H2,(H,33,35)(H,34,36). The summed E-state index contributed by atoms with van der Waals surface area (Å²) in [6.07, 6.45) is 5.17. The van der Waals surface area contributed by atoms with E-state index in [0.717, 1.165) is 11.1 Å². The SMILES string of the molecule is C#CC1(NC(=O)C2(NC(=O)c3cc4ccc(-c5ccc(C6(O)CS(=O)(=O)C6)cc5)cc4o3)CCC(F)(F)CC2)CC1. The number of aliphatic hydroxyl groups is 1. The topological polar surface area (TPSA) is 126 Å². The third kappa shape index (κ3) is 5.11. The molecule has 1 aliphatic heterocycles. The van der Waals surface area contributed by atoms with Gasteiger partial charge in [0.2, 0.25) is 11.8 Å². The molecule has 0 radical (unpaired) electrons. The smallest absolute Gasteiger partial charge is 0.287 e. The van der Waals surface area contributed by atoms with Crippen molar-refractivity contribution in [3.8, 4) is 23.5 Å². The number of carbonyl (C=O) groups is 2. The predicted octanol–water partition coefficient (Wildman–Crippen LogP) is 3.68. The van der Waals surface area contributed by atoms with Crippen molar-refractivity contribution in [1.29, 1.82) is 0 Å². The van der Waals surface area contributed by atoms with E-state index >= 15 is 0 Å². The van der Waals surface area contributed by atoms with Gasteiger partial charge in [-0.3, -0.25) is 9.59 Å². The van der Waals surface area contributed by atoms with Gasteiger partial charge in [0.1, 0.15) is 22.3 Å². The molecular formula is C30H28F2N2O6S. The molecule has 1 saturated heterocycles. The Morgan fingerprint density at radius 3 is 2.12 bits per heavy atom. The number of rotatable bonds is 6. The molecule has 2 heterocycles. The van der Waals surface area contributed by atoms with Crippen LogP contribution in [0.3, 0.4) is 0 Å². The fraction of sp³-hybridized carbons (Fsp3) is 0.400. The Bertz CT molecular complexity index is 1700. The number of halogens is 2. The minimum absolute atomic E-state index is 0.0662. The van der Waals surface area contributed by atoms with Gasteiger partial charge in [0.25, 0.3) is 5.91 Å². The molecule has 41 heavy (non-hydrogen) atoms. The molecule has 2 amide bonds. The van der Waals surface area contributed by atoms with E-state index in [9.17, 15) is 31.9 Å². The Morgan fingerprint density at radius 2 is 1.54 bits per heavy atom. The van der Waals surface area contributed by atoms with Gasteiger partial charge < -0.3 is 20.2 Å². The number of benzene rings is 2. The summed E-state index contributed by atoms with van der Waals surface area (Å²) < 4.78 is 56.9. The van der Waals surface area contributed by atoms with Crippen molar-refractivity contribution in [2.24, 2.45) is 0 Å². The lowest BCUT2D eigenvalue weighted by atomic mass is 9.78. The zero-order chi connectivity index (χ0) is 29.3. The first-order chi connectivity index (χ1) is 19.3. The lowest BCUT2D eigenvalue weighted by Gasteiger charge is -2.39. The Labute approximate surface area is 235 Å². The van der Waals surface area contributed by atoms with Gasteiger partial charge in [-0.25, -0.2) is 17.2 Å². The zero-order valence-electron chi connectivity index (χ0n) is 22.0. The Kier molecular flexibility index (Phi) is 6.10. The number of hydrogen-bond acceptors (Lipinski definition) is 6. The molecule has 1 aromatic heterocycles. The molecule has 2 saturated carbocycles. The average molecular weight is 583 g/mol. The fourth-order valence-electron chi connectivity index (χ4n) is 5.65. The molecule has 0 bridgehead atoms. The van der Waals surface area contributed by atoms with Crippen LogP contribution in [0.1, 0.15) is 54.6 Å². The van der Waals surface area contributed by atoms with Gasteiger partial charge >= 0.3 is 0 Å². The Morgan fingerprint density at radius 1 is 0.902 bits per heavy atom. The lowest BCUT2D eigenvalue weighted by molar-refractivity contribution is -0.133. The molecule has 3 aliphatic rings. The van der Waals surface area contributed by atoms with E-state index in [2.05, 4.69) is 16.6 Å². The van der Waals surface area contributed by atoms with E-state index in [4.69, 9.17) is 10.8 Å². The van der Waals surface area contributed by atoms with Crippen LogP contribution in [0.5, 0.6) is 0 Å². The molecule has 0 atom stereocenters. The van der Waals surface area contributed by atoms with Crippen LogP contribution in [0.2, 0.25) is 0 Å². The summed E-state index contributed by atoms with van der Waals surface area (Å²) >= 11 is 0. The van der Waals surface area contributed by atoms with Crippen LogP contribution < -0.4 is 10.6 Å². The third-order valence-electron chi connectivity index (χ3n) is 8.42. The van der Waals surface area contributed by atoms with Gasteiger partial charge in [-0.2, -0.15) is 0 Å². The summed E-state index contributed by atoms with van der Waals surface area (Å²) in [5.41, 5.74) is -1.26. The molecule has 214 valence electrons. The van der Waals surface area contributed by atoms with Gasteiger partial charge in [-0.05, 0) is 54.5 Å². The van der Waals surface area contributed by atoms with E-state index in [0.29, 0.717) is 29.4 Å². The molecule has 3 N–H and O–H groups in total. The van der Waals surface area contributed by atoms with Gasteiger partial charge in [-0.1, -0.05) is 42.3 Å². The van der Waals surface area contributed by atoms with E-state index < -0.39 is 57.1 Å². The molecule has 8 nitrogen and oxygen atoms in total. The van der Waals surface area contributed by atoms with Crippen LogP contribution in [0.15, 0.2) is 52.9 Å². The molecule has 0 unspecified atom stereocenters. The number of terminal acetylenes is 1. The minimum Gasteiger partial charge on any atom is -0.451 e. The van der Waals surface area contributed by atoms with Gasteiger partial charge in [0, 0.05) is 18.2 Å². The number of fused-ring (bicyclic) bond motifs is 1. The van der Waals surface area contributed by atoms with Crippen molar-refractivity contribution in [2.75, 3.05) is 11.5 Å². The monoisotopic (exact) mass is 582 g/mol. The first-order valence-corrected chi connectivity index (χ1v) is 15.2. The number of furan rings is 1. The van der Waals surface area contributed by atoms with Crippen molar-refractivity contribution in [3.05, 3.63) is 59.9 Å². The summed E-state index contributed by atoms with van der Waals surface area (Å²) in [5, 5.41) is 16.6. The highest BCUT2D eigenvalue weighted by molar-refractivity contribution is 7.92. The van der Waals surface area contributed by atoms with Crippen molar-refractivity contribution >= 4 is 32.6 Å². The second-order valence-corrected chi connectivity index (χ2v) is 13.6. The van der Waals surface area contributed by atoms with Crippen LogP contribution in [0.4, 0.5) is 8.78 Å². The molecule has 6 rings (SSSR count). The van der Waals surface area contributed by atoms with E-state index in [1.807, 2.05) is 6.07 Å². The number of alkyl halides is 2. The minimum atomic E-state index is -3.22. The molecule has 0 spiro atoms. The van der Waals surface area contributed by atoms with Crippen molar-refractivity contribution in [3.63, 3.8) is 0 Å². The normalized spacial score (nSPS) is 22.6. The van der Waals surface area contributed by atoms with Crippen LogP contribution in [0, 0.1) is 12.3 Å². The number of sulfone groups is 1. The second kappa shape index (κ2) is 9.13. The molecular weight excluding hydrogens is 554 g/mol. The maximum atomic E-state index is 14.0.